The van der Waals surface area contributed by atoms with E-state index in [4.69, 9.17) is 19.4 Å². The van der Waals surface area contributed by atoms with Crippen molar-refractivity contribution in [2.45, 2.75) is 116 Å². The number of anilines is 1. The normalized spacial score (nSPS) is 23.9. The van der Waals surface area contributed by atoms with Crippen molar-refractivity contribution in [3.8, 4) is 22.9 Å². The molecule has 15 nitrogen and oxygen atoms in total. The molecule has 60 heavy (non-hydrogen) atoms. The summed E-state index contributed by atoms with van der Waals surface area (Å²) in [5.41, 5.74) is -0.544. The second kappa shape index (κ2) is 18.2. The van der Waals surface area contributed by atoms with Crippen LogP contribution < -0.4 is 36.1 Å². The van der Waals surface area contributed by atoms with Crippen LogP contribution in [-0.2, 0) is 24.0 Å². The molecule has 3 saturated carbocycles. The molecule has 0 bridgehead atoms. The van der Waals surface area contributed by atoms with E-state index in [9.17, 15) is 29.1 Å². The van der Waals surface area contributed by atoms with Gasteiger partial charge in [-0.05, 0) is 69.4 Å². The van der Waals surface area contributed by atoms with Crippen molar-refractivity contribution in [1.82, 2.24) is 31.2 Å². The molecular formula is C44H59N7O8S. The molecule has 6 N–H and O–H groups in total. The number of amides is 4. The minimum absolute atomic E-state index is 0.0386. The molecule has 4 amide bonds. The van der Waals surface area contributed by atoms with Crippen LogP contribution in [0, 0.1) is 29.1 Å². The first-order valence-electron chi connectivity index (χ1n) is 20.9. The number of nitrogens with zero attached hydrogens (tertiary/aromatic N) is 2. The first-order chi connectivity index (χ1) is 28.5. The Balaban J connectivity index is 1.31. The third-order valence-electron chi connectivity index (χ3n) is 12.0. The lowest BCUT2D eigenvalue weighted by Crippen LogP contribution is -2.60. The van der Waals surface area contributed by atoms with Crippen LogP contribution in [0.4, 0.5) is 5.13 Å². The number of pyridine rings is 1. The Hall–Kier alpha value is -5.25. The molecule has 324 valence electrons. The number of fused-ring (bicyclic) bond motifs is 1. The predicted molar refractivity (Wildman–Crippen MR) is 230 cm³/mol. The van der Waals surface area contributed by atoms with Gasteiger partial charge in [0.15, 0.2) is 5.13 Å². The number of hydrogen-bond acceptors (Lipinski definition) is 11. The van der Waals surface area contributed by atoms with Crippen LogP contribution in [-0.4, -0.2) is 88.6 Å². The van der Waals surface area contributed by atoms with Gasteiger partial charge >= 0.3 is 5.97 Å². The molecular weight excluding hydrogens is 787 g/mol. The number of carbonyl (C=O) groups excluding carboxylic acids is 4. The monoisotopic (exact) mass is 845 g/mol. The average Bonchev–Trinajstić information content (AvgIpc) is 3.48. The van der Waals surface area contributed by atoms with Crippen molar-refractivity contribution >= 4 is 57.0 Å². The number of ether oxygens (including phenoxy) is 2. The maximum absolute atomic E-state index is 14.6. The fourth-order valence-corrected chi connectivity index (χ4v) is 9.44. The van der Waals surface area contributed by atoms with Gasteiger partial charge in [-0.2, -0.15) is 0 Å². The summed E-state index contributed by atoms with van der Waals surface area (Å²) in [5.74, 6) is -4.58. The smallest absolute Gasteiger partial charge is 0.330 e. The molecule has 6 rings (SSSR count). The number of aliphatic carboxylic acids is 1. The molecule has 2 aromatic heterocycles. The SMILES string of the molecule is C=C[C@@H]1C[C@]1(NC(=O)[C@@H]1C[C@@H](Oc2cc(-c3csc(NC(C)C)n3)nc3cc(OC)ccc23)C[C@H]1C(=O)N[C@H](C(=O)N[C@H](C(=O)NC)C1CCCCC1)C(C)(C)C)C(=O)O. The zero-order chi connectivity index (χ0) is 43.5. The Kier molecular flexibility index (Phi) is 13.4. The number of carboxylic acids is 1. The first-order valence-corrected chi connectivity index (χ1v) is 21.7. The molecule has 0 radical (unpaired) electrons. The van der Waals surface area contributed by atoms with Gasteiger partial charge in [0.2, 0.25) is 23.6 Å². The molecule has 0 unspecified atom stereocenters. The Morgan fingerprint density at radius 3 is 2.27 bits per heavy atom. The summed E-state index contributed by atoms with van der Waals surface area (Å²) in [4.78, 5) is 78.1. The van der Waals surface area contributed by atoms with E-state index < -0.39 is 70.6 Å². The van der Waals surface area contributed by atoms with E-state index in [1.165, 1.54) is 24.5 Å². The molecule has 3 aliphatic carbocycles. The van der Waals surface area contributed by atoms with Crippen LogP contribution in [0.15, 0.2) is 42.3 Å². The number of aromatic nitrogens is 2. The van der Waals surface area contributed by atoms with E-state index in [1.807, 2.05) is 46.1 Å². The highest BCUT2D eigenvalue weighted by Crippen LogP contribution is 2.46. The highest BCUT2D eigenvalue weighted by Gasteiger charge is 2.61. The minimum atomic E-state index is -1.52. The van der Waals surface area contributed by atoms with Gasteiger partial charge in [-0.1, -0.05) is 46.1 Å². The van der Waals surface area contributed by atoms with E-state index in [0.29, 0.717) is 33.8 Å². The molecule has 7 atom stereocenters. The first kappa shape index (κ1) is 44.3. The lowest BCUT2D eigenvalue weighted by atomic mass is 9.82. The second-order valence-electron chi connectivity index (χ2n) is 17.8. The van der Waals surface area contributed by atoms with E-state index in [2.05, 4.69) is 33.2 Å². The summed E-state index contributed by atoms with van der Waals surface area (Å²) in [6.45, 7) is 13.3. The van der Waals surface area contributed by atoms with Crippen LogP contribution in [0.25, 0.3) is 22.3 Å². The Bertz CT molecular complexity index is 2110. The van der Waals surface area contributed by atoms with Crippen molar-refractivity contribution in [2.24, 2.45) is 29.1 Å². The quantitative estimate of drug-likeness (QED) is 0.1000. The molecule has 0 aliphatic heterocycles. The molecule has 2 heterocycles. The van der Waals surface area contributed by atoms with E-state index in [-0.39, 0.29) is 37.1 Å². The number of nitrogens with one attached hydrogen (secondary N) is 5. The number of carbonyl (C=O) groups is 5. The minimum Gasteiger partial charge on any atom is -0.497 e. The van der Waals surface area contributed by atoms with Gasteiger partial charge in [-0.15, -0.1) is 17.9 Å². The van der Waals surface area contributed by atoms with E-state index in [0.717, 1.165) is 37.2 Å². The average molecular weight is 846 g/mol. The largest absolute Gasteiger partial charge is 0.497 e. The Labute approximate surface area is 355 Å². The molecule has 3 fully saturated rings. The number of likely N-dealkylation sites (N-methyl/N-ethyl adjacent to an activating group) is 1. The molecule has 1 aromatic carbocycles. The fourth-order valence-electron chi connectivity index (χ4n) is 8.59. The van der Waals surface area contributed by atoms with E-state index in [1.54, 1.807) is 25.3 Å². The summed E-state index contributed by atoms with van der Waals surface area (Å²) >= 11 is 1.45. The van der Waals surface area contributed by atoms with Crippen LogP contribution in [0.2, 0.25) is 0 Å². The third kappa shape index (κ3) is 9.69. The number of methoxy groups -OCH3 is 1. The van der Waals surface area contributed by atoms with Crippen LogP contribution >= 0.6 is 11.3 Å². The summed E-state index contributed by atoms with van der Waals surface area (Å²) in [6.07, 6.45) is 5.80. The molecule has 16 heteroatoms. The van der Waals surface area contributed by atoms with Gasteiger partial charge < -0.3 is 41.2 Å². The van der Waals surface area contributed by atoms with Crippen LogP contribution in [0.1, 0.15) is 86.0 Å². The second-order valence-corrected chi connectivity index (χ2v) is 18.6. The van der Waals surface area contributed by atoms with Crippen molar-refractivity contribution in [3.05, 3.63) is 42.3 Å². The Morgan fingerprint density at radius 2 is 1.67 bits per heavy atom. The zero-order valence-electron chi connectivity index (χ0n) is 35.6. The third-order valence-corrected chi connectivity index (χ3v) is 12.8. The maximum Gasteiger partial charge on any atom is 0.330 e. The van der Waals surface area contributed by atoms with Crippen molar-refractivity contribution in [2.75, 3.05) is 19.5 Å². The summed E-state index contributed by atoms with van der Waals surface area (Å²) in [7, 11) is 3.11. The highest BCUT2D eigenvalue weighted by atomic mass is 32.1. The zero-order valence-corrected chi connectivity index (χ0v) is 36.4. The maximum atomic E-state index is 14.6. The van der Waals surface area contributed by atoms with Gasteiger partial charge in [0.1, 0.15) is 40.9 Å². The number of benzene rings is 1. The number of thiazole rings is 1. The summed E-state index contributed by atoms with van der Waals surface area (Å²) in [6, 6.07) is 5.56. The molecule has 0 saturated heterocycles. The lowest BCUT2D eigenvalue weighted by Gasteiger charge is -2.35. The van der Waals surface area contributed by atoms with Gasteiger partial charge in [-0.3, -0.25) is 19.2 Å². The van der Waals surface area contributed by atoms with E-state index >= 15 is 0 Å². The molecule has 3 aliphatic rings. The predicted octanol–water partition coefficient (Wildman–Crippen LogP) is 5.45. The Morgan fingerprint density at radius 1 is 0.967 bits per heavy atom. The number of hydrogen-bond donors (Lipinski definition) is 6. The molecule has 0 spiro atoms. The van der Waals surface area contributed by atoms with Gasteiger partial charge in [0.25, 0.3) is 0 Å². The van der Waals surface area contributed by atoms with Crippen molar-refractivity contribution in [1.29, 1.82) is 0 Å². The summed E-state index contributed by atoms with van der Waals surface area (Å²) < 4.78 is 12.2. The highest BCUT2D eigenvalue weighted by molar-refractivity contribution is 7.14. The standard InChI is InChI=1S/C44H59N7O8S/c1-9-25-21-44(25,41(56)57)51-38(53)30-18-27(59-34-20-32(33-22-60-42(48-33)46-23(2)3)47-31-19-26(58-8)15-16-28(31)34)17-29(30)37(52)50-36(43(4,5)6)40(55)49-35(39(54)45-7)24-13-11-10-12-14-24/h9,15-16,19-20,22-25,27,29-30,35-36H,1,10-14,17-18,21H2,2-8H3,(H,45,54)(H,46,48)(H,49,55)(H,50,52)(H,51,53)(H,56,57)/t25-,27+,29-,30-,35+,36-,44-/m1/s1. The van der Waals surface area contributed by atoms with Crippen molar-refractivity contribution < 1.29 is 38.6 Å². The van der Waals surface area contributed by atoms with Gasteiger partial charge in [0.05, 0.1) is 30.2 Å². The van der Waals surface area contributed by atoms with Gasteiger partial charge in [-0.25, -0.2) is 14.8 Å². The fraction of sp³-hybridized carbons (Fsp3) is 0.568. The molecule has 3 aromatic rings. The van der Waals surface area contributed by atoms with Gasteiger partial charge in [0, 0.05) is 41.9 Å². The lowest BCUT2D eigenvalue weighted by molar-refractivity contribution is -0.145. The number of rotatable bonds is 16. The summed E-state index contributed by atoms with van der Waals surface area (Å²) in [5, 5.41) is 28.1. The number of carboxylic acid groups (broad SMARTS) is 1. The van der Waals surface area contributed by atoms with Crippen LogP contribution in [0.3, 0.4) is 0 Å². The topological polar surface area (TPSA) is 210 Å². The van der Waals surface area contributed by atoms with Crippen molar-refractivity contribution in [3.63, 3.8) is 0 Å². The van der Waals surface area contributed by atoms with Crippen LogP contribution in [0.5, 0.6) is 11.5 Å².